The SMILES string of the molecule is CC(=O)N1CC(NC2CC(C(=O)NC[C@H](O)CN3CCC4CC(OCC5OCNC5C)C(F)CC4C3)CC(N3CCCCC3)N2)C1. The summed E-state index contributed by atoms with van der Waals surface area (Å²) in [5, 5.41) is 24.6. The van der Waals surface area contributed by atoms with Crippen LogP contribution >= 0.6 is 0 Å². The van der Waals surface area contributed by atoms with Gasteiger partial charge in [0, 0.05) is 57.6 Å². The Labute approximate surface area is 273 Å². The molecule has 5 aliphatic heterocycles. The highest BCUT2D eigenvalue weighted by atomic mass is 19.1. The molecule has 5 N–H and O–H groups in total. The number of aliphatic hydroxyl groups excluding tert-OH is 1. The first kappa shape index (κ1) is 34.4. The Balaban J connectivity index is 0.935. The van der Waals surface area contributed by atoms with Crippen molar-refractivity contribution < 1.29 is 28.6 Å². The summed E-state index contributed by atoms with van der Waals surface area (Å²) in [6.07, 6.45) is 5.34. The Hall–Kier alpha value is -1.45. The van der Waals surface area contributed by atoms with Crippen LogP contribution in [0.2, 0.25) is 0 Å². The maximum atomic E-state index is 15.2. The van der Waals surface area contributed by atoms with Crippen LogP contribution in [0.4, 0.5) is 4.39 Å². The van der Waals surface area contributed by atoms with Crippen molar-refractivity contribution in [1.82, 2.24) is 36.0 Å². The van der Waals surface area contributed by atoms with Crippen LogP contribution in [-0.4, -0.2) is 146 Å². The molecule has 6 aliphatic rings. The van der Waals surface area contributed by atoms with Gasteiger partial charge in [0.2, 0.25) is 11.8 Å². The predicted molar refractivity (Wildman–Crippen MR) is 171 cm³/mol. The van der Waals surface area contributed by atoms with Crippen molar-refractivity contribution >= 4 is 11.8 Å². The molecule has 5 heterocycles. The molecule has 262 valence electrons. The number of hydrogen-bond donors (Lipinski definition) is 5. The third-order valence-electron chi connectivity index (χ3n) is 11.5. The van der Waals surface area contributed by atoms with Crippen LogP contribution in [-0.2, 0) is 19.1 Å². The second kappa shape index (κ2) is 15.8. The Morgan fingerprint density at radius 2 is 1.87 bits per heavy atom. The van der Waals surface area contributed by atoms with Crippen molar-refractivity contribution in [3.05, 3.63) is 0 Å². The number of halogens is 1. The normalized spacial score (nSPS) is 38.6. The van der Waals surface area contributed by atoms with Crippen molar-refractivity contribution in [3.8, 4) is 0 Å². The van der Waals surface area contributed by atoms with E-state index in [1.807, 2.05) is 4.90 Å². The molecule has 46 heavy (non-hydrogen) atoms. The van der Waals surface area contributed by atoms with Crippen LogP contribution in [0.1, 0.15) is 65.2 Å². The zero-order chi connectivity index (χ0) is 32.2. The number of piperidine rings is 3. The monoisotopic (exact) mass is 651 g/mol. The van der Waals surface area contributed by atoms with Gasteiger partial charge in [0.15, 0.2) is 0 Å². The van der Waals surface area contributed by atoms with E-state index < -0.39 is 12.3 Å². The first-order valence-corrected chi connectivity index (χ1v) is 18.0. The molecule has 12 nitrogen and oxygen atoms in total. The third-order valence-corrected chi connectivity index (χ3v) is 11.5. The fraction of sp³-hybridized carbons (Fsp3) is 0.939. The Kier molecular flexibility index (Phi) is 11.9. The summed E-state index contributed by atoms with van der Waals surface area (Å²) in [5.41, 5.74) is 0. The van der Waals surface area contributed by atoms with Gasteiger partial charge in [-0.25, -0.2) is 4.39 Å². The standard InChI is InChI=1S/C33H58FN7O5/c1-21-30(46-20-36-21)19-45-29-11-23-6-9-39(15-25(23)10-28(29)34)18-27(43)14-35-33(44)24-12-31(37-26-16-41(17-26)22(2)42)38-32(13-24)40-7-4-3-5-8-40/h21,23-32,36-38,43H,3-20H2,1-2H3,(H,35,44)/t21?,23?,24?,25?,27-,28?,29?,30?,31?,32?/m0/s1. The zero-order valence-corrected chi connectivity index (χ0v) is 27.9. The van der Waals surface area contributed by atoms with E-state index in [-0.39, 0.29) is 66.8 Å². The number of carbonyl (C=O) groups is 2. The molecule has 0 spiro atoms. The Morgan fingerprint density at radius 3 is 2.61 bits per heavy atom. The van der Waals surface area contributed by atoms with E-state index in [2.05, 4.69) is 38.0 Å². The first-order chi connectivity index (χ1) is 22.2. The molecule has 6 rings (SSSR count). The smallest absolute Gasteiger partial charge is 0.223 e. The number of nitrogens with one attached hydrogen (secondary N) is 4. The molecule has 2 amide bonds. The number of nitrogens with zero attached hydrogens (tertiary/aromatic N) is 3. The Bertz CT molecular complexity index is 1020. The van der Waals surface area contributed by atoms with Gasteiger partial charge in [-0.2, -0.15) is 0 Å². The lowest BCUT2D eigenvalue weighted by molar-refractivity contribution is -0.134. The number of aliphatic hydroxyl groups is 1. The van der Waals surface area contributed by atoms with E-state index in [0.717, 1.165) is 45.4 Å². The minimum atomic E-state index is -0.982. The van der Waals surface area contributed by atoms with Crippen LogP contribution in [0.25, 0.3) is 0 Å². The van der Waals surface area contributed by atoms with Crippen LogP contribution < -0.4 is 21.3 Å². The van der Waals surface area contributed by atoms with Crippen LogP contribution in [0.5, 0.6) is 0 Å². The average molecular weight is 652 g/mol. The lowest BCUT2D eigenvalue weighted by atomic mass is 9.73. The number of alkyl halides is 1. The summed E-state index contributed by atoms with van der Waals surface area (Å²) in [5.74, 6) is 0.640. The summed E-state index contributed by atoms with van der Waals surface area (Å²) < 4.78 is 26.8. The lowest BCUT2D eigenvalue weighted by Crippen LogP contribution is -2.67. The van der Waals surface area contributed by atoms with E-state index in [0.29, 0.717) is 51.7 Å². The molecular formula is C33H58FN7O5. The number of ether oxygens (including phenoxy) is 2. The number of carbonyl (C=O) groups excluding carboxylic acids is 2. The van der Waals surface area contributed by atoms with Crippen LogP contribution in [0, 0.1) is 17.8 Å². The van der Waals surface area contributed by atoms with E-state index in [1.54, 1.807) is 6.92 Å². The van der Waals surface area contributed by atoms with Gasteiger partial charge in [-0.15, -0.1) is 0 Å². The zero-order valence-electron chi connectivity index (χ0n) is 27.9. The van der Waals surface area contributed by atoms with Crippen molar-refractivity contribution in [2.75, 3.05) is 65.7 Å². The van der Waals surface area contributed by atoms with E-state index >= 15 is 4.39 Å². The average Bonchev–Trinajstić information content (AvgIpc) is 3.44. The summed E-state index contributed by atoms with van der Waals surface area (Å²) in [6, 6.07) is 0.455. The highest BCUT2D eigenvalue weighted by molar-refractivity contribution is 5.79. The second-order valence-corrected chi connectivity index (χ2v) is 15.0. The summed E-state index contributed by atoms with van der Waals surface area (Å²) in [7, 11) is 0. The topological polar surface area (TPSA) is 131 Å². The van der Waals surface area contributed by atoms with Gasteiger partial charge in [-0.05, 0) is 83.3 Å². The molecule has 13 heteroatoms. The third kappa shape index (κ3) is 8.76. The molecule has 1 aliphatic carbocycles. The van der Waals surface area contributed by atoms with Crippen molar-refractivity contribution in [3.63, 3.8) is 0 Å². The molecule has 10 atom stereocenters. The number of hydrogen-bond acceptors (Lipinski definition) is 10. The van der Waals surface area contributed by atoms with Gasteiger partial charge in [0.05, 0.1) is 44.0 Å². The fourth-order valence-electron chi connectivity index (χ4n) is 8.62. The van der Waals surface area contributed by atoms with Gasteiger partial charge < -0.3 is 29.7 Å². The van der Waals surface area contributed by atoms with E-state index in [1.165, 1.54) is 19.3 Å². The number of likely N-dealkylation sites (tertiary alicyclic amines) is 3. The quantitative estimate of drug-likeness (QED) is 0.212. The van der Waals surface area contributed by atoms with Gasteiger partial charge in [0.25, 0.3) is 0 Å². The Morgan fingerprint density at radius 1 is 1.07 bits per heavy atom. The molecule has 0 aromatic heterocycles. The predicted octanol–water partition coefficient (Wildman–Crippen LogP) is 0.211. The molecule has 6 fully saturated rings. The minimum absolute atomic E-state index is 0.00110. The van der Waals surface area contributed by atoms with Crippen molar-refractivity contribution in [2.24, 2.45) is 17.8 Å². The maximum absolute atomic E-state index is 15.2. The molecule has 9 unspecified atom stereocenters. The molecule has 1 saturated carbocycles. The fourth-order valence-corrected chi connectivity index (χ4v) is 8.62. The largest absolute Gasteiger partial charge is 0.390 e. The first-order valence-electron chi connectivity index (χ1n) is 18.0. The van der Waals surface area contributed by atoms with Gasteiger partial charge in [-0.3, -0.25) is 30.4 Å². The van der Waals surface area contributed by atoms with Crippen molar-refractivity contribution in [2.45, 2.75) is 114 Å². The lowest BCUT2D eigenvalue weighted by Gasteiger charge is -2.46. The summed E-state index contributed by atoms with van der Waals surface area (Å²) in [4.78, 5) is 31.7. The van der Waals surface area contributed by atoms with Gasteiger partial charge >= 0.3 is 0 Å². The summed E-state index contributed by atoms with van der Waals surface area (Å²) >= 11 is 0. The van der Waals surface area contributed by atoms with Gasteiger partial charge in [0.1, 0.15) is 6.17 Å². The molecule has 0 aromatic carbocycles. The molecule has 0 radical (unpaired) electrons. The molecule has 5 saturated heterocycles. The highest BCUT2D eigenvalue weighted by Gasteiger charge is 2.42. The van der Waals surface area contributed by atoms with E-state index in [4.69, 9.17) is 9.47 Å². The number of fused-ring (bicyclic) bond motifs is 1. The van der Waals surface area contributed by atoms with Crippen molar-refractivity contribution in [1.29, 1.82) is 0 Å². The maximum Gasteiger partial charge on any atom is 0.223 e. The molecule has 0 bridgehead atoms. The number of rotatable bonds is 11. The van der Waals surface area contributed by atoms with Crippen LogP contribution in [0.15, 0.2) is 0 Å². The number of β-amino-alcohol motifs (C(OH)–C–C–N with tert-alkyl or cyclic N) is 1. The highest BCUT2D eigenvalue weighted by Crippen LogP contribution is 2.39. The molecule has 0 aromatic rings. The van der Waals surface area contributed by atoms with E-state index in [9.17, 15) is 14.7 Å². The second-order valence-electron chi connectivity index (χ2n) is 15.0. The minimum Gasteiger partial charge on any atom is -0.390 e. The van der Waals surface area contributed by atoms with Gasteiger partial charge in [-0.1, -0.05) is 6.42 Å². The van der Waals surface area contributed by atoms with Crippen LogP contribution in [0.3, 0.4) is 0 Å². The number of amides is 2. The summed E-state index contributed by atoms with van der Waals surface area (Å²) in [6.45, 7) is 10.4. The molecular weight excluding hydrogens is 593 g/mol.